The van der Waals surface area contributed by atoms with Crippen LogP contribution < -0.4 is 11.1 Å². The Balaban J connectivity index is 2.24. The second-order valence-corrected chi connectivity index (χ2v) is 5.67. The van der Waals surface area contributed by atoms with Crippen LogP contribution in [-0.4, -0.2) is 30.1 Å². The first-order valence-electron chi connectivity index (χ1n) is 5.58. The van der Waals surface area contributed by atoms with Crippen LogP contribution in [0.15, 0.2) is 18.2 Å². The van der Waals surface area contributed by atoms with Crippen molar-refractivity contribution in [3.8, 4) is 0 Å². The molecule has 1 aromatic carbocycles. The Morgan fingerprint density at radius 3 is 2.85 bits per heavy atom. The van der Waals surface area contributed by atoms with Gasteiger partial charge in [0.2, 0.25) is 0 Å². The van der Waals surface area contributed by atoms with Crippen molar-refractivity contribution in [2.24, 2.45) is 0 Å². The fourth-order valence-electron chi connectivity index (χ4n) is 1.60. The van der Waals surface area contributed by atoms with Gasteiger partial charge in [-0.1, -0.05) is 11.6 Å². The van der Waals surface area contributed by atoms with Crippen LogP contribution >= 0.6 is 22.9 Å². The predicted molar refractivity (Wildman–Crippen MR) is 75.6 cm³/mol. The second kappa shape index (κ2) is 5.51. The molecule has 8 heteroatoms. The van der Waals surface area contributed by atoms with Crippen LogP contribution in [0.3, 0.4) is 0 Å². The van der Waals surface area contributed by atoms with Crippen molar-refractivity contribution in [1.29, 1.82) is 0 Å². The molecule has 0 aliphatic carbocycles. The Labute approximate surface area is 122 Å². The van der Waals surface area contributed by atoms with Crippen LogP contribution in [0, 0.1) is 0 Å². The van der Waals surface area contributed by atoms with Crippen molar-refractivity contribution in [1.82, 2.24) is 5.32 Å². The van der Waals surface area contributed by atoms with Crippen LogP contribution in [0.25, 0.3) is 10.1 Å². The van der Waals surface area contributed by atoms with Gasteiger partial charge in [-0.2, -0.15) is 0 Å². The molecule has 0 unspecified atom stereocenters. The molecule has 0 saturated heterocycles. The van der Waals surface area contributed by atoms with Crippen LogP contribution in [-0.2, 0) is 0 Å². The van der Waals surface area contributed by atoms with E-state index in [0.29, 0.717) is 15.1 Å². The molecule has 0 saturated carbocycles. The number of carbonyl (C=O) groups is 1. The van der Waals surface area contributed by atoms with Gasteiger partial charge >= 0.3 is 0 Å². The number of nitrogens with two attached hydrogens (primary N) is 1. The number of alkyl halides is 2. The van der Waals surface area contributed by atoms with E-state index in [1.165, 1.54) is 0 Å². The number of hydrogen-bond donors (Lipinski definition) is 3. The zero-order valence-corrected chi connectivity index (χ0v) is 11.7. The number of thiophene rings is 1. The van der Waals surface area contributed by atoms with E-state index in [0.717, 1.165) is 11.3 Å². The number of nitrogens with one attached hydrogen (secondary N) is 1. The van der Waals surface area contributed by atoms with Crippen LogP contribution in [0.5, 0.6) is 0 Å². The number of halogens is 3. The molecule has 1 amide bonds. The normalized spacial score (nSPS) is 11.8. The lowest BCUT2D eigenvalue weighted by molar-refractivity contribution is -0.0461. The molecule has 0 radical (unpaired) electrons. The summed E-state index contributed by atoms with van der Waals surface area (Å²) in [6.07, 6.45) is 0. The van der Waals surface area contributed by atoms with Crippen molar-refractivity contribution in [3.63, 3.8) is 0 Å². The minimum Gasteiger partial charge on any atom is -0.397 e. The largest absolute Gasteiger partial charge is 0.397 e. The number of aliphatic hydroxyl groups is 1. The quantitative estimate of drug-likeness (QED) is 0.810. The summed E-state index contributed by atoms with van der Waals surface area (Å²) < 4.78 is 26.5. The van der Waals surface area contributed by atoms with E-state index >= 15 is 0 Å². The molecule has 1 heterocycles. The zero-order valence-electron chi connectivity index (χ0n) is 10.1. The third kappa shape index (κ3) is 3.00. The van der Waals surface area contributed by atoms with Crippen molar-refractivity contribution in [2.45, 2.75) is 5.92 Å². The fraction of sp³-hybridized carbons (Fsp3) is 0.250. The molecule has 4 nitrogen and oxygen atoms in total. The van der Waals surface area contributed by atoms with Crippen molar-refractivity contribution in [2.75, 3.05) is 18.9 Å². The van der Waals surface area contributed by atoms with Gasteiger partial charge in [-0.25, -0.2) is 8.78 Å². The first kappa shape index (κ1) is 15.0. The van der Waals surface area contributed by atoms with E-state index in [4.69, 9.17) is 22.4 Å². The Morgan fingerprint density at radius 1 is 1.50 bits per heavy atom. The average molecular weight is 321 g/mol. The highest BCUT2D eigenvalue weighted by Gasteiger charge is 2.29. The van der Waals surface area contributed by atoms with E-state index in [2.05, 4.69) is 5.32 Å². The van der Waals surface area contributed by atoms with Crippen molar-refractivity contribution < 1.29 is 18.7 Å². The molecular formula is C12H11ClF2N2O2S. The Bertz CT molecular complexity index is 660. The third-order valence-electron chi connectivity index (χ3n) is 2.64. The van der Waals surface area contributed by atoms with Gasteiger partial charge in [0.1, 0.15) is 11.5 Å². The zero-order chi connectivity index (χ0) is 14.9. The molecule has 2 rings (SSSR count). The molecule has 2 aromatic rings. The molecule has 0 spiro atoms. The first-order valence-corrected chi connectivity index (χ1v) is 6.78. The maximum Gasteiger partial charge on any atom is 0.287 e. The highest BCUT2D eigenvalue weighted by Crippen LogP contribution is 2.35. The molecule has 20 heavy (non-hydrogen) atoms. The lowest BCUT2D eigenvalue weighted by atomic mass is 10.2. The predicted octanol–water partition coefficient (Wildman–Crippen LogP) is 2.49. The van der Waals surface area contributed by atoms with Crippen LogP contribution in [0.1, 0.15) is 9.67 Å². The summed E-state index contributed by atoms with van der Waals surface area (Å²) in [4.78, 5) is 12.0. The van der Waals surface area contributed by atoms with Crippen LogP contribution in [0.2, 0.25) is 5.02 Å². The third-order valence-corrected chi connectivity index (χ3v) is 4.04. The Kier molecular flexibility index (Phi) is 4.12. The number of fused-ring (bicyclic) bond motifs is 1. The summed E-state index contributed by atoms with van der Waals surface area (Å²) in [5.74, 6) is -4.06. The molecular weight excluding hydrogens is 310 g/mol. The first-order chi connectivity index (χ1) is 9.34. The summed E-state index contributed by atoms with van der Waals surface area (Å²) in [7, 11) is 0. The topological polar surface area (TPSA) is 75.4 Å². The van der Waals surface area contributed by atoms with Gasteiger partial charge in [0.05, 0.1) is 12.2 Å². The minimum absolute atomic E-state index is 0.149. The highest BCUT2D eigenvalue weighted by molar-refractivity contribution is 7.21. The average Bonchev–Trinajstić information content (AvgIpc) is 2.73. The summed E-state index contributed by atoms with van der Waals surface area (Å²) in [6, 6.07) is 4.95. The van der Waals surface area contributed by atoms with Crippen molar-refractivity contribution >= 4 is 44.6 Å². The summed E-state index contributed by atoms with van der Waals surface area (Å²) >= 11 is 6.91. The number of hydrogen-bond acceptors (Lipinski definition) is 4. The molecule has 0 fully saturated rings. The highest BCUT2D eigenvalue weighted by atomic mass is 35.5. The number of amides is 1. The molecule has 1 aromatic heterocycles. The van der Waals surface area contributed by atoms with E-state index in [-0.39, 0.29) is 10.6 Å². The lowest BCUT2D eigenvalue weighted by Gasteiger charge is -2.13. The van der Waals surface area contributed by atoms with E-state index < -0.39 is 25.0 Å². The molecule has 0 aliphatic heterocycles. The van der Waals surface area contributed by atoms with Gasteiger partial charge in [0, 0.05) is 15.1 Å². The number of carbonyl (C=O) groups excluding carboxylic acids is 1. The minimum atomic E-state index is -3.36. The summed E-state index contributed by atoms with van der Waals surface area (Å²) in [5.41, 5.74) is 6.06. The van der Waals surface area contributed by atoms with Gasteiger partial charge in [-0.15, -0.1) is 11.3 Å². The van der Waals surface area contributed by atoms with E-state index in [1.54, 1.807) is 18.2 Å². The van der Waals surface area contributed by atoms with Gasteiger partial charge in [0.15, 0.2) is 0 Å². The summed E-state index contributed by atoms with van der Waals surface area (Å²) in [5, 5.41) is 11.6. The van der Waals surface area contributed by atoms with Crippen LogP contribution in [0.4, 0.5) is 14.5 Å². The number of benzene rings is 1. The Hall–Kier alpha value is -1.44. The second-order valence-electron chi connectivity index (χ2n) is 4.18. The lowest BCUT2D eigenvalue weighted by Crippen LogP contribution is -2.38. The SMILES string of the molecule is Nc1c(C(=O)NCC(F)(F)CO)sc2cc(Cl)ccc12. The molecule has 4 N–H and O–H groups in total. The molecule has 0 aliphatic rings. The Morgan fingerprint density at radius 2 is 2.20 bits per heavy atom. The molecule has 0 atom stereocenters. The number of nitrogen functional groups attached to an aromatic ring is 1. The van der Waals surface area contributed by atoms with Gasteiger partial charge in [-0.05, 0) is 18.2 Å². The number of rotatable bonds is 4. The standard InChI is InChI=1S/C12H11ClF2N2O2S/c13-6-1-2-7-8(3-6)20-10(9(7)16)11(19)17-4-12(14,15)5-18/h1-3,18H,4-5,16H2,(H,17,19). The molecule has 108 valence electrons. The number of anilines is 1. The van der Waals surface area contributed by atoms with E-state index in [9.17, 15) is 13.6 Å². The monoisotopic (exact) mass is 320 g/mol. The van der Waals surface area contributed by atoms with Gasteiger partial charge in [-0.3, -0.25) is 4.79 Å². The fourth-order valence-corrected chi connectivity index (χ4v) is 2.92. The molecule has 0 bridgehead atoms. The van der Waals surface area contributed by atoms with Crippen molar-refractivity contribution in [3.05, 3.63) is 28.1 Å². The van der Waals surface area contributed by atoms with E-state index in [1.807, 2.05) is 0 Å². The van der Waals surface area contributed by atoms with Gasteiger partial charge < -0.3 is 16.2 Å². The smallest absolute Gasteiger partial charge is 0.287 e. The van der Waals surface area contributed by atoms with Gasteiger partial charge in [0.25, 0.3) is 11.8 Å². The number of aliphatic hydroxyl groups excluding tert-OH is 1. The summed E-state index contributed by atoms with van der Waals surface area (Å²) in [6.45, 7) is -2.28. The maximum absolute atomic E-state index is 12.9. The maximum atomic E-state index is 12.9.